The fraction of sp³-hybridized carbons (Fsp3) is 0.957. The van der Waals surface area contributed by atoms with Gasteiger partial charge in [-0.1, -0.05) is 66.2 Å². The summed E-state index contributed by atoms with van der Waals surface area (Å²) < 4.78 is 22.1. The molecule has 0 N–H and O–H groups in total. The van der Waals surface area contributed by atoms with Crippen molar-refractivity contribution in [2.45, 2.75) is 115 Å². The van der Waals surface area contributed by atoms with Crippen molar-refractivity contribution in [2.24, 2.45) is 0 Å². The van der Waals surface area contributed by atoms with E-state index in [9.17, 15) is 4.79 Å². The summed E-state index contributed by atoms with van der Waals surface area (Å²) in [5, 5.41) is 0.315. The van der Waals surface area contributed by atoms with Crippen LogP contribution in [0.4, 0.5) is 0 Å². The van der Waals surface area contributed by atoms with Gasteiger partial charge in [-0.05, 0) is 25.7 Å². The van der Waals surface area contributed by atoms with E-state index in [0.717, 1.165) is 51.4 Å². The molecule has 0 saturated heterocycles. The van der Waals surface area contributed by atoms with Gasteiger partial charge in [0.15, 0.2) is 0 Å². The summed E-state index contributed by atoms with van der Waals surface area (Å²) >= 11 is 0. The maximum absolute atomic E-state index is 12.1. The third-order valence-corrected chi connectivity index (χ3v) is 11.0. The topological polar surface area (TPSA) is 54.0 Å². The molecule has 0 aromatic rings. The number of carbonyl (C=O) groups excluding carboxylic acids is 1. The fourth-order valence-corrected chi connectivity index (χ4v) is 8.16. The normalized spacial score (nSPS) is 12.9. The molecule has 0 heterocycles. The molecule has 0 aromatic heterocycles. The summed E-state index contributed by atoms with van der Waals surface area (Å²) in [6.45, 7) is 8.99. The van der Waals surface area contributed by atoms with Crippen molar-refractivity contribution < 1.29 is 22.5 Å². The Kier molecular flexibility index (Phi) is 16.5. The third-order valence-electron chi connectivity index (χ3n) is 6.19. The number of rotatable bonds is 20. The smallest absolute Gasteiger partial charge is 0.326 e. The van der Waals surface area contributed by atoms with E-state index in [1.54, 1.807) is 28.4 Å². The van der Waals surface area contributed by atoms with E-state index in [-0.39, 0.29) is 10.1 Å². The number of hydrogen-bond acceptors (Lipinski definition) is 5. The van der Waals surface area contributed by atoms with Gasteiger partial charge in [0.05, 0.1) is 0 Å². The van der Waals surface area contributed by atoms with Crippen LogP contribution in [0.1, 0.15) is 105 Å². The van der Waals surface area contributed by atoms with E-state index in [4.69, 9.17) is 17.7 Å². The van der Waals surface area contributed by atoms with Gasteiger partial charge in [0.25, 0.3) is 0 Å². The quantitative estimate of drug-likeness (QED) is 0.168. The molecular weight excluding hydrogens is 412 g/mol. The molecule has 0 rings (SSSR count). The molecule has 0 bridgehead atoms. The molecule has 0 radical (unpaired) electrons. The van der Waals surface area contributed by atoms with Crippen LogP contribution in [0.3, 0.4) is 0 Å². The number of ketones is 1. The molecule has 0 saturated carbocycles. The second-order valence-corrected chi connectivity index (χ2v) is 16.3. The van der Waals surface area contributed by atoms with Crippen molar-refractivity contribution >= 4 is 24.4 Å². The summed E-state index contributed by atoms with van der Waals surface area (Å²) in [5.41, 5.74) is 0. The molecule has 0 fully saturated rings. The van der Waals surface area contributed by atoms with Crippen molar-refractivity contribution in [3.8, 4) is 0 Å². The molecule has 0 atom stereocenters. The lowest BCUT2D eigenvalue weighted by Crippen LogP contribution is -2.32. The van der Waals surface area contributed by atoms with E-state index in [2.05, 4.69) is 27.7 Å². The van der Waals surface area contributed by atoms with E-state index in [1.807, 2.05) is 0 Å². The highest BCUT2D eigenvalue weighted by atomic mass is 28.3. The highest BCUT2D eigenvalue weighted by molar-refractivity contribution is 6.48. The number of Topliss-reactive ketones (excluding diaryl/α,β-unsaturated/α-hetero) is 1. The average molecular weight is 463 g/mol. The van der Waals surface area contributed by atoms with Crippen LogP contribution in [-0.4, -0.2) is 52.8 Å². The maximum Gasteiger partial charge on any atom is 0.326 e. The number of unbranched alkanes of at least 4 members (excludes halogenated alkanes) is 6. The van der Waals surface area contributed by atoms with Gasteiger partial charge in [-0.15, -0.1) is 0 Å². The first kappa shape index (κ1) is 29.9. The Bertz CT molecular complexity index is 397. The summed E-state index contributed by atoms with van der Waals surface area (Å²) in [6.07, 6.45) is 12.9. The van der Waals surface area contributed by atoms with Gasteiger partial charge in [-0.3, -0.25) is 4.79 Å². The van der Waals surface area contributed by atoms with Gasteiger partial charge < -0.3 is 17.7 Å². The molecule has 0 aliphatic rings. The Hall–Kier alpha value is -0.0562. The lowest BCUT2D eigenvalue weighted by Gasteiger charge is -2.29. The number of hydrogen-bond donors (Lipinski definition) is 0. The third kappa shape index (κ3) is 12.7. The largest absolute Gasteiger partial charge is 0.400 e. The monoisotopic (exact) mass is 462 g/mol. The standard InChI is InChI=1S/C23H50O5Si2/c1-22(2,29(25-5)26-6)19-15-11-9-13-17-21(24)18-14-10-12-16-20-23(3,4)30(27-7)28-8/h29-30H,9-20H2,1-8H3. The summed E-state index contributed by atoms with van der Waals surface area (Å²) in [5.74, 6) is 0.438. The van der Waals surface area contributed by atoms with E-state index >= 15 is 0 Å². The molecule has 0 spiro atoms. The van der Waals surface area contributed by atoms with Crippen LogP contribution in [0, 0.1) is 0 Å². The molecule has 0 amide bonds. The first-order chi connectivity index (χ1) is 14.1. The second kappa shape index (κ2) is 16.6. The lowest BCUT2D eigenvalue weighted by molar-refractivity contribution is -0.119. The molecule has 7 heteroatoms. The van der Waals surface area contributed by atoms with Crippen LogP contribution in [0.25, 0.3) is 0 Å². The highest BCUT2D eigenvalue weighted by Gasteiger charge is 2.33. The Morgan fingerprint density at radius 2 is 0.867 bits per heavy atom. The maximum atomic E-state index is 12.1. The number of carbonyl (C=O) groups is 1. The van der Waals surface area contributed by atoms with Crippen LogP contribution < -0.4 is 0 Å². The molecule has 0 aromatic carbocycles. The Labute approximate surface area is 190 Å². The summed E-state index contributed by atoms with van der Waals surface area (Å²) in [4.78, 5) is 12.1. The SMILES string of the molecule is CO[SiH](OC)C(C)(C)CCCCCCC(=O)CCCCCCC(C)(C)[SiH](OC)OC. The van der Waals surface area contributed by atoms with Crippen LogP contribution in [-0.2, 0) is 22.5 Å². The van der Waals surface area contributed by atoms with E-state index < -0.39 is 18.6 Å². The lowest BCUT2D eigenvalue weighted by atomic mass is 10.00. The Morgan fingerprint density at radius 1 is 0.567 bits per heavy atom. The summed E-state index contributed by atoms with van der Waals surface area (Å²) in [7, 11) is 3.87. The summed E-state index contributed by atoms with van der Waals surface area (Å²) in [6, 6.07) is 0. The zero-order valence-corrected chi connectivity index (χ0v) is 23.5. The fourth-order valence-electron chi connectivity index (χ4n) is 4.34. The van der Waals surface area contributed by atoms with Crippen LogP contribution >= 0.6 is 0 Å². The highest BCUT2D eigenvalue weighted by Crippen LogP contribution is 2.36. The van der Waals surface area contributed by atoms with Crippen LogP contribution in [0.2, 0.25) is 10.1 Å². The minimum Gasteiger partial charge on any atom is -0.400 e. The molecule has 0 aliphatic heterocycles. The van der Waals surface area contributed by atoms with Crippen LogP contribution in [0.5, 0.6) is 0 Å². The molecule has 0 aliphatic carbocycles. The second-order valence-electron chi connectivity index (χ2n) is 9.95. The van der Waals surface area contributed by atoms with Crippen molar-refractivity contribution in [3.05, 3.63) is 0 Å². The van der Waals surface area contributed by atoms with Gasteiger partial charge >= 0.3 is 18.6 Å². The van der Waals surface area contributed by atoms with E-state index in [0.29, 0.717) is 5.78 Å². The minimum absolute atomic E-state index is 0.157. The van der Waals surface area contributed by atoms with Crippen molar-refractivity contribution in [1.29, 1.82) is 0 Å². The zero-order valence-electron chi connectivity index (χ0n) is 21.2. The Balaban J connectivity index is 3.72. The first-order valence-electron chi connectivity index (χ1n) is 11.8. The van der Waals surface area contributed by atoms with Gasteiger partial charge in [0.1, 0.15) is 5.78 Å². The predicted octanol–water partition coefficient (Wildman–Crippen LogP) is 5.82. The van der Waals surface area contributed by atoms with Gasteiger partial charge in [0, 0.05) is 51.4 Å². The van der Waals surface area contributed by atoms with Crippen LogP contribution in [0.15, 0.2) is 0 Å². The molecule has 0 unspecified atom stereocenters. The van der Waals surface area contributed by atoms with Gasteiger partial charge in [-0.2, -0.15) is 0 Å². The minimum atomic E-state index is -1.58. The van der Waals surface area contributed by atoms with Gasteiger partial charge in [0.2, 0.25) is 0 Å². The predicted molar refractivity (Wildman–Crippen MR) is 131 cm³/mol. The zero-order chi connectivity index (χ0) is 23.0. The van der Waals surface area contributed by atoms with Crippen molar-refractivity contribution in [3.63, 3.8) is 0 Å². The molecular formula is C23H50O5Si2. The average Bonchev–Trinajstić information content (AvgIpc) is 2.68. The van der Waals surface area contributed by atoms with Gasteiger partial charge in [-0.25, -0.2) is 0 Å². The Morgan fingerprint density at radius 3 is 1.17 bits per heavy atom. The molecule has 180 valence electrons. The van der Waals surface area contributed by atoms with Crippen molar-refractivity contribution in [1.82, 2.24) is 0 Å². The van der Waals surface area contributed by atoms with Crippen molar-refractivity contribution in [2.75, 3.05) is 28.4 Å². The molecule has 5 nitrogen and oxygen atoms in total. The first-order valence-corrected chi connectivity index (χ1v) is 14.8. The van der Waals surface area contributed by atoms with E-state index in [1.165, 1.54) is 25.7 Å². The molecule has 30 heavy (non-hydrogen) atoms.